The molecule has 108 valence electrons. The maximum Gasteiger partial charge on any atom is 0.0417 e. The Bertz CT molecular complexity index is 362. The van der Waals surface area contributed by atoms with Crippen LogP contribution in [0.4, 0.5) is 5.69 Å². The second-order valence-corrected chi connectivity index (χ2v) is 5.12. The Hall–Kier alpha value is -1.02. The van der Waals surface area contributed by atoms with Gasteiger partial charge < -0.3 is 10.2 Å². The molecule has 1 aromatic carbocycles. The second-order valence-electron chi connectivity index (χ2n) is 5.12. The van der Waals surface area contributed by atoms with Crippen LogP contribution in [0.5, 0.6) is 0 Å². The molecule has 0 bridgehead atoms. The fourth-order valence-electron chi connectivity index (χ4n) is 2.70. The third kappa shape index (κ3) is 3.97. The van der Waals surface area contributed by atoms with Crippen molar-refractivity contribution >= 4 is 5.69 Å². The lowest BCUT2D eigenvalue weighted by Crippen LogP contribution is -2.34. The summed E-state index contributed by atoms with van der Waals surface area (Å²) in [7, 11) is 0. The van der Waals surface area contributed by atoms with Crippen molar-refractivity contribution in [2.45, 2.75) is 59.5 Å². The molecule has 0 aliphatic heterocycles. The average molecular weight is 262 g/mol. The van der Waals surface area contributed by atoms with Gasteiger partial charge in [-0.3, -0.25) is 0 Å². The lowest BCUT2D eigenvalue weighted by Gasteiger charge is -2.33. The summed E-state index contributed by atoms with van der Waals surface area (Å²) in [5, 5.41) is 3.60. The number of para-hydroxylation sites is 1. The van der Waals surface area contributed by atoms with Crippen LogP contribution in [0.3, 0.4) is 0 Å². The SMILES string of the molecule is CCNC(CC)c1ccccc1N(CC)C(C)CC. The van der Waals surface area contributed by atoms with E-state index in [1.807, 2.05) is 0 Å². The number of anilines is 1. The molecule has 2 unspecified atom stereocenters. The molecule has 2 nitrogen and oxygen atoms in total. The lowest BCUT2D eigenvalue weighted by atomic mass is 10.00. The van der Waals surface area contributed by atoms with E-state index in [-0.39, 0.29) is 0 Å². The van der Waals surface area contributed by atoms with Crippen LogP contribution in [0.1, 0.15) is 59.1 Å². The van der Waals surface area contributed by atoms with Crippen molar-refractivity contribution in [2.24, 2.45) is 0 Å². The third-order valence-corrected chi connectivity index (χ3v) is 3.94. The highest BCUT2D eigenvalue weighted by Crippen LogP contribution is 2.29. The summed E-state index contributed by atoms with van der Waals surface area (Å²) in [5.74, 6) is 0. The van der Waals surface area contributed by atoms with Gasteiger partial charge in [0.25, 0.3) is 0 Å². The Morgan fingerprint density at radius 2 is 1.74 bits per heavy atom. The Balaban J connectivity index is 3.12. The van der Waals surface area contributed by atoms with Gasteiger partial charge in [-0.1, -0.05) is 39.0 Å². The minimum Gasteiger partial charge on any atom is -0.369 e. The zero-order valence-electron chi connectivity index (χ0n) is 13.2. The maximum absolute atomic E-state index is 3.60. The van der Waals surface area contributed by atoms with E-state index < -0.39 is 0 Å². The molecule has 1 rings (SSSR count). The standard InChI is InChI=1S/C17H30N2/c1-6-14(5)19(9-4)17-13-11-10-12-15(17)16(7-2)18-8-3/h10-14,16,18H,6-9H2,1-5H3. The van der Waals surface area contributed by atoms with Gasteiger partial charge in [-0.25, -0.2) is 0 Å². The molecule has 0 fully saturated rings. The molecule has 0 radical (unpaired) electrons. The quantitative estimate of drug-likeness (QED) is 0.748. The van der Waals surface area contributed by atoms with Crippen LogP contribution in [0.2, 0.25) is 0 Å². The molecule has 2 heteroatoms. The van der Waals surface area contributed by atoms with E-state index >= 15 is 0 Å². The van der Waals surface area contributed by atoms with Crippen molar-refractivity contribution in [1.29, 1.82) is 0 Å². The molecule has 0 saturated heterocycles. The largest absolute Gasteiger partial charge is 0.369 e. The third-order valence-electron chi connectivity index (χ3n) is 3.94. The molecule has 0 aliphatic rings. The minimum atomic E-state index is 0.458. The molecule has 0 heterocycles. The van der Waals surface area contributed by atoms with Gasteiger partial charge in [-0.2, -0.15) is 0 Å². The zero-order chi connectivity index (χ0) is 14.3. The Labute approximate surface area is 119 Å². The van der Waals surface area contributed by atoms with Gasteiger partial charge in [0, 0.05) is 24.3 Å². The van der Waals surface area contributed by atoms with Crippen molar-refractivity contribution in [2.75, 3.05) is 18.0 Å². The highest BCUT2D eigenvalue weighted by molar-refractivity contribution is 5.55. The molecule has 0 aromatic heterocycles. The lowest BCUT2D eigenvalue weighted by molar-refractivity contribution is 0.532. The monoisotopic (exact) mass is 262 g/mol. The summed E-state index contributed by atoms with van der Waals surface area (Å²) in [5.41, 5.74) is 2.83. The number of hydrogen-bond donors (Lipinski definition) is 1. The first-order chi connectivity index (χ1) is 9.19. The number of benzene rings is 1. The van der Waals surface area contributed by atoms with Gasteiger partial charge in [0.05, 0.1) is 0 Å². The second kappa shape index (κ2) is 8.21. The van der Waals surface area contributed by atoms with Crippen LogP contribution in [-0.2, 0) is 0 Å². The van der Waals surface area contributed by atoms with Gasteiger partial charge in [0.1, 0.15) is 0 Å². The highest BCUT2D eigenvalue weighted by Gasteiger charge is 2.18. The van der Waals surface area contributed by atoms with Crippen LogP contribution in [0.25, 0.3) is 0 Å². The molecule has 1 aromatic rings. The molecule has 0 saturated carbocycles. The van der Waals surface area contributed by atoms with E-state index in [4.69, 9.17) is 0 Å². The minimum absolute atomic E-state index is 0.458. The van der Waals surface area contributed by atoms with Crippen LogP contribution in [0, 0.1) is 0 Å². The first-order valence-electron chi connectivity index (χ1n) is 7.78. The normalized spacial score (nSPS) is 14.2. The molecule has 1 N–H and O–H groups in total. The summed E-state index contributed by atoms with van der Waals surface area (Å²) >= 11 is 0. The molecule has 0 aliphatic carbocycles. The number of nitrogens with one attached hydrogen (secondary N) is 1. The summed E-state index contributed by atoms with van der Waals surface area (Å²) in [6.45, 7) is 13.3. The van der Waals surface area contributed by atoms with E-state index in [9.17, 15) is 0 Å². The van der Waals surface area contributed by atoms with Crippen molar-refractivity contribution in [3.63, 3.8) is 0 Å². The van der Waals surface area contributed by atoms with Crippen molar-refractivity contribution in [1.82, 2.24) is 5.32 Å². The molecule has 0 spiro atoms. The fourth-order valence-corrected chi connectivity index (χ4v) is 2.70. The van der Waals surface area contributed by atoms with Crippen molar-refractivity contribution in [3.05, 3.63) is 29.8 Å². The maximum atomic E-state index is 3.60. The summed E-state index contributed by atoms with van der Waals surface area (Å²) < 4.78 is 0. The van der Waals surface area contributed by atoms with Gasteiger partial charge in [-0.15, -0.1) is 0 Å². The molecule has 19 heavy (non-hydrogen) atoms. The number of hydrogen-bond acceptors (Lipinski definition) is 2. The van der Waals surface area contributed by atoms with E-state index in [0.29, 0.717) is 12.1 Å². The van der Waals surface area contributed by atoms with Crippen LogP contribution in [0.15, 0.2) is 24.3 Å². The Morgan fingerprint density at radius 1 is 1.05 bits per heavy atom. The molecular formula is C17H30N2. The van der Waals surface area contributed by atoms with Crippen LogP contribution < -0.4 is 10.2 Å². The van der Waals surface area contributed by atoms with E-state index in [1.54, 1.807) is 0 Å². The van der Waals surface area contributed by atoms with Crippen LogP contribution >= 0.6 is 0 Å². The smallest absolute Gasteiger partial charge is 0.0417 e. The van der Waals surface area contributed by atoms with Gasteiger partial charge in [-0.05, 0) is 44.9 Å². The number of nitrogens with zero attached hydrogens (tertiary/aromatic N) is 1. The first-order valence-corrected chi connectivity index (χ1v) is 7.78. The Morgan fingerprint density at radius 3 is 2.26 bits per heavy atom. The van der Waals surface area contributed by atoms with Crippen molar-refractivity contribution < 1.29 is 0 Å². The first kappa shape index (κ1) is 16.0. The summed E-state index contributed by atoms with van der Waals surface area (Å²) in [6, 6.07) is 9.90. The fraction of sp³-hybridized carbons (Fsp3) is 0.647. The van der Waals surface area contributed by atoms with Crippen LogP contribution in [-0.4, -0.2) is 19.1 Å². The summed E-state index contributed by atoms with van der Waals surface area (Å²) in [6.07, 6.45) is 2.31. The average Bonchev–Trinajstić information content (AvgIpc) is 2.46. The van der Waals surface area contributed by atoms with E-state index in [0.717, 1.165) is 19.5 Å². The van der Waals surface area contributed by atoms with Gasteiger partial charge in [0.2, 0.25) is 0 Å². The zero-order valence-corrected chi connectivity index (χ0v) is 13.2. The summed E-state index contributed by atoms with van der Waals surface area (Å²) in [4.78, 5) is 2.52. The predicted molar refractivity (Wildman–Crippen MR) is 85.9 cm³/mol. The molecular weight excluding hydrogens is 232 g/mol. The topological polar surface area (TPSA) is 15.3 Å². The predicted octanol–water partition coefficient (Wildman–Crippen LogP) is 4.37. The number of rotatable bonds is 8. The van der Waals surface area contributed by atoms with Gasteiger partial charge in [0.15, 0.2) is 0 Å². The van der Waals surface area contributed by atoms with E-state index in [2.05, 4.69) is 69.1 Å². The molecule has 2 atom stereocenters. The van der Waals surface area contributed by atoms with E-state index in [1.165, 1.54) is 17.7 Å². The van der Waals surface area contributed by atoms with Gasteiger partial charge >= 0.3 is 0 Å². The Kier molecular flexibility index (Phi) is 6.93. The molecule has 0 amide bonds. The highest BCUT2D eigenvalue weighted by atomic mass is 15.2. The van der Waals surface area contributed by atoms with Crippen molar-refractivity contribution in [3.8, 4) is 0 Å².